The van der Waals surface area contributed by atoms with E-state index in [0.717, 1.165) is 110 Å². The maximum Gasteiger partial charge on any atom is 0.266 e. The number of rotatable bonds is 6. The van der Waals surface area contributed by atoms with Gasteiger partial charge in [-0.3, -0.25) is 14.4 Å². The number of pyridine rings is 2. The highest BCUT2D eigenvalue weighted by Crippen LogP contribution is 2.46. The molecule has 0 spiro atoms. The second-order valence-corrected chi connectivity index (χ2v) is 17.9. The number of para-hydroxylation sites is 1. The van der Waals surface area contributed by atoms with Crippen LogP contribution in [0, 0.1) is 0 Å². The molecule has 0 bridgehead atoms. The summed E-state index contributed by atoms with van der Waals surface area (Å²) in [4.78, 5) is 41.4. The van der Waals surface area contributed by atoms with Gasteiger partial charge in [0.1, 0.15) is 5.75 Å². The van der Waals surface area contributed by atoms with E-state index >= 15 is 0 Å². The first-order valence-corrected chi connectivity index (χ1v) is 23.0. The summed E-state index contributed by atoms with van der Waals surface area (Å²) in [6, 6.07) is 63.3. The third-order valence-corrected chi connectivity index (χ3v) is 14.2. The Morgan fingerprint density at radius 1 is 0.456 bits per heavy atom. The van der Waals surface area contributed by atoms with Gasteiger partial charge in [-0.25, -0.2) is 4.40 Å². The number of aryl methyl sites for hydroxylation is 1. The number of nitrogens with zero attached hydrogens (tertiary/aromatic N) is 2. The molecule has 1 N–H and O–H groups in total. The fourth-order valence-electron chi connectivity index (χ4n) is 11.2. The summed E-state index contributed by atoms with van der Waals surface area (Å²) in [7, 11) is 0. The third kappa shape index (κ3) is 5.61. The van der Waals surface area contributed by atoms with E-state index in [1.165, 1.54) is 4.40 Å². The molecular weight excluding hydrogens is 837 g/mol. The molecule has 0 saturated heterocycles. The van der Waals surface area contributed by atoms with Crippen molar-refractivity contribution in [2.24, 2.45) is 0 Å². The molecule has 0 saturated carbocycles. The van der Waals surface area contributed by atoms with Gasteiger partial charge >= 0.3 is 0 Å². The molecule has 3 heterocycles. The number of carbonyl (C=O) groups is 1. The molecular formula is C62H40N2O4. The Labute approximate surface area is 389 Å². The minimum Gasteiger partial charge on any atom is -0.507 e. The summed E-state index contributed by atoms with van der Waals surface area (Å²) in [6.45, 7) is 3.67. The molecule has 0 atom stereocenters. The molecule has 0 aliphatic carbocycles. The predicted octanol–water partition coefficient (Wildman–Crippen LogP) is 14.4. The van der Waals surface area contributed by atoms with Gasteiger partial charge in [-0.05, 0) is 146 Å². The van der Waals surface area contributed by atoms with Crippen molar-refractivity contribution in [3.05, 3.63) is 220 Å². The quantitative estimate of drug-likeness (QED) is 0.102. The van der Waals surface area contributed by atoms with Crippen molar-refractivity contribution < 1.29 is 9.90 Å². The Kier molecular flexibility index (Phi) is 8.61. The molecule has 0 amide bonds. The number of hydrogen-bond donors (Lipinski definition) is 1. The van der Waals surface area contributed by atoms with Gasteiger partial charge in [0.05, 0.1) is 16.6 Å². The van der Waals surface area contributed by atoms with Crippen LogP contribution in [0.3, 0.4) is 0 Å². The van der Waals surface area contributed by atoms with Crippen molar-refractivity contribution in [1.82, 2.24) is 8.97 Å². The van der Waals surface area contributed by atoms with Crippen LogP contribution in [0.4, 0.5) is 0 Å². The molecule has 6 nitrogen and oxygen atoms in total. The van der Waals surface area contributed by atoms with Crippen LogP contribution < -0.4 is 11.1 Å². The number of Topliss-reactive ketones (excluding diaryl/α,β-unsaturated/α-hetero) is 1. The first-order chi connectivity index (χ1) is 33.3. The van der Waals surface area contributed by atoms with Crippen LogP contribution in [-0.4, -0.2) is 19.9 Å². The third-order valence-electron chi connectivity index (χ3n) is 14.2. The Bertz CT molecular complexity index is 4350. The van der Waals surface area contributed by atoms with Crippen molar-refractivity contribution >= 4 is 87.0 Å². The van der Waals surface area contributed by atoms with E-state index in [1.807, 2.05) is 84.9 Å². The lowest BCUT2D eigenvalue weighted by Crippen LogP contribution is -2.27. The number of benzene rings is 10. The van der Waals surface area contributed by atoms with Crippen LogP contribution >= 0.6 is 0 Å². The first-order valence-electron chi connectivity index (χ1n) is 23.0. The predicted molar refractivity (Wildman–Crippen MR) is 280 cm³/mol. The molecule has 6 heteroatoms. The average molecular weight is 877 g/mol. The zero-order valence-electron chi connectivity index (χ0n) is 37.2. The fraction of sp³-hybridized carbons (Fsp3) is 0.0484. The van der Waals surface area contributed by atoms with Crippen LogP contribution in [-0.2, 0) is 6.42 Å². The van der Waals surface area contributed by atoms with Crippen molar-refractivity contribution in [2.75, 3.05) is 0 Å². The Morgan fingerprint density at radius 3 is 1.50 bits per heavy atom. The van der Waals surface area contributed by atoms with Crippen molar-refractivity contribution in [1.29, 1.82) is 0 Å². The van der Waals surface area contributed by atoms with E-state index in [4.69, 9.17) is 0 Å². The molecule has 68 heavy (non-hydrogen) atoms. The number of carbonyl (C=O) groups excluding carboxylic acids is 1. The van der Waals surface area contributed by atoms with E-state index in [2.05, 4.69) is 102 Å². The molecule has 0 radical (unpaired) electrons. The van der Waals surface area contributed by atoms with Gasteiger partial charge < -0.3 is 9.67 Å². The monoisotopic (exact) mass is 876 g/mol. The van der Waals surface area contributed by atoms with Crippen LogP contribution in [0.2, 0.25) is 0 Å². The molecule has 13 rings (SSSR count). The van der Waals surface area contributed by atoms with E-state index in [-0.39, 0.29) is 22.7 Å². The molecule has 0 unspecified atom stereocenters. The second-order valence-electron chi connectivity index (χ2n) is 17.9. The second kappa shape index (κ2) is 14.8. The fourth-order valence-corrected chi connectivity index (χ4v) is 11.2. The van der Waals surface area contributed by atoms with Gasteiger partial charge in [-0.15, -0.1) is 0 Å². The number of ketones is 1. The number of phenols is 1. The highest BCUT2D eigenvalue weighted by molar-refractivity contribution is 6.21. The standard InChI is InChI=1S/C62H40N2O4/c1-3-41-58-52(43-18-8-7-17-42(43)35(2)65)31-38(32-53(58)44-19-9-12-22-47(44)60(41)66)36-25-27-56-50(29-36)51-30-37(26-28-57(51)63(56)40-15-5-4-6-16-40)39-33-54-45-20-10-13-23-48(45)61(67)64-59(54)55(34-39)46-21-11-14-24-49(46)62(64)68/h4-34,66H,3H2,1-2H3. The summed E-state index contributed by atoms with van der Waals surface area (Å²) < 4.78 is 3.68. The first kappa shape index (κ1) is 39.5. The van der Waals surface area contributed by atoms with Gasteiger partial charge in [-0.1, -0.05) is 122 Å². The van der Waals surface area contributed by atoms with Crippen LogP contribution in [0.5, 0.6) is 5.75 Å². The van der Waals surface area contributed by atoms with E-state index in [1.54, 1.807) is 19.1 Å². The van der Waals surface area contributed by atoms with Gasteiger partial charge in [0.25, 0.3) is 11.1 Å². The molecule has 0 fully saturated rings. The lowest BCUT2D eigenvalue weighted by Gasteiger charge is -2.19. The zero-order chi connectivity index (χ0) is 45.9. The maximum absolute atomic E-state index is 14.1. The summed E-state index contributed by atoms with van der Waals surface area (Å²) >= 11 is 0. The molecule has 3 aromatic heterocycles. The summed E-state index contributed by atoms with van der Waals surface area (Å²) in [5.41, 5.74) is 10.3. The van der Waals surface area contributed by atoms with Crippen LogP contribution in [0.1, 0.15) is 29.8 Å². The molecule has 13 aromatic rings. The minimum atomic E-state index is -0.314. The average Bonchev–Trinajstić information content (AvgIpc) is 3.71. The zero-order valence-corrected chi connectivity index (χ0v) is 37.2. The highest BCUT2D eigenvalue weighted by atomic mass is 16.3. The lowest BCUT2D eigenvalue weighted by molar-refractivity contribution is 0.101. The summed E-state index contributed by atoms with van der Waals surface area (Å²) in [6.07, 6.45) is 0.605. The van der Waals surface area contributed by atoms with Gasteiger partial charge in [-0.2, -0.15) is 0 Å². The van der Waals surface area contributed by atoms with E-state index in [0.29, 0.717) is 28.3 Å². The SMILES string of the molecule is CCc1c(O)c2ccccc2c2cc(-c3ccc4c(c3)c3cc(-c5cc6c7ccccc7c(=O)n7c(=O)c8ccccc8c(c5)c67)ccc3n4-c3ccccc3)cc(-c3ccccc3C(C)=O)c12. The lowest BCUT2D eigenvalue weighted by atomic mass is 9.85. The summed E-state index contributed by atoms with van der Waals surface area (Å²) in [5.74, 6) is 0.246. The smallest absolute Gasteiger partial charge is 0.266 e. The van der Waals surface area contributed by atoms with Gasteiger partial charge in [0.15, 0.2) is 5.78 Å². The van der Waals surface area contributed by atoms with Crippen molar-refractivity contribution in [3.63, 3.8) is 0 Å². The molecule has 322 valence electrons. The number of aromatic nitrogens is 2. The Morgan fingerprint density at radius 2 is 0.926 bits per heavy atom. The highest BCUT2D eigenvalue weighted by Gasteiger charge is 2.23. The van der Waals surface area contributed by atoms with Crippen LogP contribution in [0.15, 0.2) is 198 Å². The molecule has 0 aliphatic heterocycles. The minimum absolute atomic E-state index is 0.0240. The topological polar surface area (TPSA) is 80.8 Å². The Balaban J connectivity index is 1.11. The number of phenolic OH excluding ortho intramolecular Hbond substituents is 1. The van der Waals surface area contributed by atoms with E-state index < -0.39 is 0 Å². The van der Waals surface area contributed by atoms with Gasteiger partial charge in [0.2, 0.25) is 0 Å². The Hall–Kier alpha value is -8.87. The maximum atomic E-state index is 14.1. The van der Waals surface area contributed by atoms with Crippen molar-refractivity contribution in [3.8, 4) is 44.8 Å². The number of hydrogen-bond acceptors (Lipinski definition) is 4. The number of fused-ring (bicyclic) bond motifs is 10. The van der Waals surface area contributed by atoms with E-state index in [9.17, 15) is 19.5 Å². The molecule has 0 aliphatic rings. The largest absolute Gasteiger partial charge is 0.507 e. The van der Waals surface area contributed by atoms with Gasteiger partial charge in [0, 0.05) is 54.5 Å². The normalized spacial score (nSPS) is 12.0. The number of aromatic hydroxyl groups is 1. The van der Waals surface area contributed by atoms with Crippen molar-refractivity contribution in [2.45, 2.75) is 20.3 Å². The molecule has 10 aromatic carbocycles. The summed E-state index contributed by atoms with van der Waals surface area (Å²) in [5, 5.41) is 21.9. The van der Waals surface area contributed by atoms with Crippen LogP contribution in [0.25, 0.3) is 120 Å².